The SMILES string of the molecule is CCC(=O)N1CC=CO1. The molecule has 0 atom stereocenters. The zero-order chi connectivity index (χ0) is 6.69. The van der Waals surface area contributed by atoms with Crippen LogP contribution in [0, 0.1) is 0 Å². The summed E-state index contributed by atoms with van der Waals surface area (Å²) in [6, 6.07) is 0. The first-order valence-corrected chi connectivity index (χ1v) is 2.96. The molecule has 0 bridgehead atoms. The van der Waals surface area contributed by atoms with Crippen LogP contribution < -0.4 is 0 Å². The molecule has 0 aromatic carbocycles. The molecule has 0 N–H and O–H groups in total. The standard InChI is InChI=1S/C6H9NO2/c1-2-6(8)7-4-3-5-9-7/h3,5H,2,4H2,1H3. The largest absolute Gasteiger partial charge is 0.385 e. The Kier molecular flexibility index (Phi) is 1.72. The number of rotatable bonds is 1. The highest BCUT2D eigenvalue weighted by Crippen LogP contribution is 2.02. The molecular weight excluding hydrogens is 118 g/mol. The molecular formula is C6H9NO2. The average Bonchev–Trinajstić information content (AvgIpc) is 2.37. The van der Waals surface area contributed by atoms with Gasteiger partial charge in [0.2, 0.25) is 0 Å². The van der Waals surface area contributed by atoms with E-state index in [1.807, 2.05) is 6.92 Å². The molecule has 9 heavy (non-hydrogen) atoms. The van der Waals surface area contributed by atoms with Gasteiger partial charge in [-0.15, -0.1) is 0 Å². The van der Waals surface area contributed by atoms with Crippen molar-refractivity contribution in [3.63, 3.8) is 0 Å². The Labute approximate surface area is 53.9 Å². The maximum absolute atomic E-state index is 10.8. The summed E-state index contributed by atoms with van der Waals surface area (Å²) in [6.45, 7) is 2.40. The topological polar surface area (TPSA) is 29.5 Å². The van der Waals surface area contributed by atoms with Gasteiger partial charge in [-0.25, -0.2) is 0 Å². The van der Waals surface area contributed by atoms with E-state index in [9.17, 15) is 4.79 Å². The lowest BCUT2D eigenvalue weighted by atomic mass is 10.4. The van der Waals surface area contributed by atoms with Crippen molar-refractivity contribution >= 4 is 5.91 Å². The number of hydrogen-bond donors (Lipinski definition) is 0. The summed E-state index contributed by atoms with van der Waals surface area (Å²) in [4.78, 5) is 15.6. The van der Waals surface area contributed by atoms with Gasteiger partial charge in [-0.1, -0.05) is 6.92 Å². The molecule has 0 spiro atoms. The molecule has 1 aliphatic rings. The van der Waals surface area contributed by atoms with Crippen molar-refractivity contribution in [1.29, 1.82) is 0 Å². The number of hydroxylamine groups is 2. The fourth-order valence-electron chi connectivity index (χ4n) is 0.635. The van der Waals surface area contributed by atoms with Crippen molar-refractivity contribution in [3.05, 3.63) is 12.3 Å². The third kappa shape index (κ3) is 1.22. The highest BCUT2D eigenvalue weighted by molar-refractivity contribution is 5.75. The molecule has 0 aromatic rings. The van der Waals surface area contributed by atoms with Crippen LogP contribution in [0.15, 0.2) is 12.3 Å². The molecule has 0 saturated carbocycles. The van der Waals surface area contributed by atoms with Gasteiger partial charge in [0.05, 0.1) is 6.54 Å². The quantitative estimate of drug-likeness (QED) is 0.518. The van der Waals surface area contributed by atoms with Gasteiger partial charge in [-0.3, -0.25) is 4.79 Å². The number of carbonyl (C=O) groups excluding carboxylic acids is 1. The first kappa shape index (κ1) is 6.13. The zero-order valence-corrected chi connectivity index (χ0v) is 5.33. The fourth-order valence-corrected chi connectivity index (χ4v) is 0.635. The van der Waals surface area contributed by atoms with Crippen LogP contribution in [0.1, 0.15) is 13.3 Å². The van der Waals surface area contributed by atoms with E-state index in [1.165, 1.54) is 11.3 Å². The first-order valence-electron chi connectivity index (χ1n) is 2.96. The minimum atomic E-state index is 0.0278. The van der Waals surface area contributed by atoms with E-state index in [1.54, 1.807) is 6.08 Å². The molecule has 1 amide bonds. The molecule has 0 unspecified atom stereocenters. The van der Waals surface area contributed by atoms with Crippen LogP contribution in [-0.2, 0) is 9.63 Å². The van der Waals surface area contributed by atoms with Crippen LogP contribution in [-0.4, -0.2) is 17.5 Å². The third-order valence-corrected chi connectivity index (χ3v) is 1.14. The van der Waals surface area contributed by atoms with E-state index in [-0.39, 0.29) is 5.91 Å². The van der Waals surface area contributed by atoms with Gasteiger partial charge < -0.3 is 4.84 Å². The predicted molar refractivity (Wildman–Crippen MR) is 32.2 cm³/mol. The predicted octanol–water partition coefficient (Wildman–Crippen LogP) is 0.684. The molecule has 50 valence electrons. The zero-order valence-electron chi connectivity index (χ0n) is 5.33. The van der Waals surface area contributed by atoms with Crippen molar-refractivity contribution in [2.45, 2.75) is 13.3 Å². The Morgan fingerprint density at radius 3 is 3.11 bits per heavy atom. The Bertz CT molecular complexity index is 134. The van der Waals surface area contributed by atoms with Crippen LogP contribution in [0.5, 0.6) is 0 Å². The third-order valence-electron chi connectivity index (χ3n) is 1.14. The average molecular weight is 127 g/mol. The first-order chi connectivity index (χ1) is 4.34. The highest BCUT2D eigenvalue weighted by atomic mass is 16.7. The van der Waals surface area contributed by atoms with E-state index in [2.05, 4.69) is 0 Å². The normalized spacial score (nSPS) is 15.9. The molecule has 3 nitrogen and oxygen atoms in total. The number of carbonyl (C=O) groups is 1. The Hall–Kier alpha value is -0.990. The molecule has 1 heterocycles. The van der Waals surface area contributed by atoms with Gasteiger partial charge in [-0.2, -0.15) is 5.06 Å². The van der Waals surface area contributed by atoms with Crippen molar-refractivity contribution in [1.82, 2.24) is 5.06 Å². The summed E-state index contributed by atoms with van der Waals surface area (Å²) in [5.74, 6) is 0.0278. The number of amides is 1. The van der Waals surface area contributed by atoms with Crippen molar-refractivity contribution in [2.24, 2.45) is 0 Å². The molecule has 1 rings (SSSR count). The number of nitrogens with zero attached hydrogens (tertiary/aromatic N) is 1. The van der Waals surface area contributed by atoms with Crippen molar-refractivity contribution in [3.8, 4) is 0 Å². The second-order valence-corrected chi connectivity index (χ2v) is 1.79. The van der Waals surface area contributed by atoms with E-state index >= 15 is 0 Å². The molecule has 0 radical (unpaired) electrons. The lowest BCUT2D eigenvalue weighted by Gasteiger charge is -2.11. The molecule has 0 aliphatic carbocycles. The minimum Gasteiger partial charge on any atom is -0.385 e. The van der Waals surface area contributed by atoms with Crippen LogP contribution in [0.4, 0.5) is 0 Å². The van der Waals surface area contributed by atoms with Gasteiger partial charge in [0.15, 0.2) is 0 Å². The van der Waals surface area contributed by atoms with Gasteiger partial charge in [0.1, 0.15) is 6.26 Å². The maximum atomic E-state index is 10.8. The lowest BCUT2D eigenvalue weighted by molar-refractivity contribution is -0.160. The lowest BCUT2D eigenvalue weighted by Crippen LogP contribution is -2.25. The monoisotopic (exact) mass is 127 g/mol. The van der Waals surface area contributed by atoms with Crippen LogP contribution in [0.2, 0.25) is 0 Å². The summed E-state index contributed by atoms with van der Waals surface area (Å²) >= 11 is 0. The van der Waals surface area contributed by atoms with E-state index in [0.29, 0.717) is 13.0 Å². The Morgan fingerprint density at radius 2 is 2.67 bits per heavy atom. The summed E-state index contributed by atoms with van der Waals surface area (Å²) in [5.41, 5.74) is 0. The summed E-state index contributed by atoms with van der Waals surface area (Å²) in [5, 5.41) is 1.33. The minimum absolute atomic E-state index is 0.0278. The van der Waals surface area contributed by atoms with Crippen LogP contribution >= 0.6 is 0 Å². The summed E-state index contributed by atoms with van der Waals surface area (Å²) < 4.78 is 0. The van der Waals surface area contributed by atoms with Gasteiger partial charge in [0, 0.05) is 6.42 Å². The van der Waals surface area contributed by atoms with Crippen molar-refractivity contribution in [2.75, 3.05) is 6.54 Å². The van der Waals surface area contributed by atoms with Crippen LogP contribution in [0.3, 0.4) is 0 Å². The van der Waals surface area contributed by atoms with Crippen LogP contribution in [0.25, 0.3) is 0 Å². The molecule has 1 aliphatic heterocycles. The number of hydrogen-bond acceptors (Lipinski definition) is 2. The van der Waals surface area contributed by atoms with Gasteiger partial charge >= 0.3 is 0 Å². The van der Waals surface area contributed by atoms with Gasteiger partial charge in [0.25, 0.3) is 5.91 Å². The summed E-state index contributed by atoms with van der Waals surface area (Å²) in [7, 11) is 0. The second kappa shape index (κ2) is 2.53. The molecule has 0 fully saturated rings. The fraction of sp³-hybridized carbons (Fsp3) is 0.500. The Morgan fingerprint density at radius 1 is 1.89 bits per heavy atom. The highest BCUT2D eigenvalue weighted by Gasteiger charge is 2.12. The Balaban J connectivity index is 2.36. The maximum Gasteiger partial charge on any atom is 0.255 e. The van der Waals surface area contributed by atoms with Gasteiger partial charge in [-0.05, 0) is 6.08 Å². The van der Waals surface area contributed by atoms with E-state index in [4.69, 9.17) is 4.84 Å². The smallest absolute Gasteiger partial charge is 0.255 e. The summed E-state index contributed by atoms with van der Waals surface area (Å²) in [6.07, 6.45) is 3.82. The van der Waals surface area contributed by atoms with Crippen molar-refractivity contribution < 1.29 is 9.63 Å². The molecule has 0 aromatic heterocycles. The second-order valence-electron chi connectivity index (χ2n) is 1.79. The molecule has 0 saturated heterocycles. The molecule has 3 heteroatoms. The van der Waals surface area contributed by atoms with E-state index < -0.39 is 0 Å². The van der Waals surface area contributed by atoms with E-state index in [0.717, 1.165) is 0 Å².